The Morgan fingerprint density at radius 2 is 1.74 bits per heavy atom. The highest BCUT2D eigenvalue weighted by molar-refractivity contribution is 5.52. The Hall–Kier alpha value is -2.98. The molecule has 0 bridgehead atoms. The van der Waals surface area contributed by atoms with E-state index < -0.39 is 0 Å². The van der Waals surface area contributed by atoms with Crippen LogP contribution in [0.1, 0.15) is 48.1 Å². The summed E-state index contributed by atoms with van der Waals surface area (Å²) in [5, 5.41) is 3.66. The highest BCUT2D eigenvalue weighted by Gasteiger charge is 2.24. The molecular formula is C27H31NO3. The lowest BCUT2D eigenvalue weighted by atomic mass is 9.89. The first-order chi connectivity index (χ1) is 15.3. The summed E-state index contributed by atoms with van der Waals surface area (Å²) < 4.78 is 17.6. The fraction of sp³-hybridized carbons (Fsp3) is 0.333. The Labute approximate surface area is 185 Å². The van der Waals surface area contributed by atoms with Gasteiger partial charge in [-0.15, -0.1) is 0 Å². The van der Waals surface area contributed by atoms with Gasteiger partial charge < -0.3 is 19.5 Å². The molecule has 0 fully saturated rings. The first-order valence-corrected chi connectivity index (χ1v) is 11.1. The molecule has 3 aromatic carbocycles. The maximum Gasteiger partial charge on any atom is 0.162 e. The van der Waals surface area contributed by atoms with Crippen molar-refractivity contribution < 1.29 is 14.2 Å². The van der Waals surface area contributed by atoms with Crippen molar-refractivity contribution in [2.75, 3.05) is 20.3 Å². The molecule has 0 aliphatic carbocycles. The van der Waals surface area contributed by atoms with Gasteiger partial charge in [-0.3, -0.25) is 0 Å². The molecule has 1 unspecified atom stereocenters. The van der Waals surface area contributed by atoms with Crippen molar-refractivity contribution in [3.05, 3.63) is 89.0 Å². The molecule has 4 rings (SSSR count). The van der Waals surface area contributed by atoms with Crippen LogP contribution in [0.2, 0.25) is 0 Å². The fourth-order valence-corrected chi connectivity index (χ4v) is 3.96. The van der Waals surface area contributed by atoms with Gasteiger partial charge in [-0.1, -0.05) is 55.8 Å². The molecular weight excluding hydrogens is 386 g/mol. The van der Waals surface area contributed by atoms with Gasteiger partial charge in [-0.2, -0.15) is 0 Å². The van der Waals surface area contributed by atoms with Crippen LogP contribution < -0.4 is 19.5 Å². The van der Waals surface area contributed by atoms with Crippen LogP contribution in [0.3, 0.4) is 0 Å². The average molecular weight is 418 g/mol. The third-order valence-corrected chi connectivity index (χ3v) is 5.70. The Balaban J connectivity index is 1.56. The van der Waals surface area contributed by atoms with Crippen LogP contribution >= 0.6 is 0 Å². The Morgan fingerprint density at radius 3 is 2.48 bits per heavy atom. The molecule has 0 saturated heterocycles. The summed E-state index contributed by atoms with van der Waals surface area (Å²) in [5.74, 6) is 2.49. The molecule has 4 nitrogen and oxygen atoms in total. The molecule has 1 atom stereocenters. The molecule has 3 aromatic rings. The number of nitrogens with one attached hydrogen (secondary N) is 1. The molecule has 1 aliphatic rings. The van der Waals surface area contributed by atoms with Crippen molar-refractivity contribution in [1.82, 2.24) is 5.32 Å². The number of hydrogen-bond acceptors (Lipinski definition) is 4. The monoisotopic (exact) mass is 417 g/mol. The third-order valence-electron chi connectivity index (χ3n) is 5.70. The zero-order valence-electron chi connectivity index (χ0n) is 18.4. The van der Waals surface area contributed by atoms with Gasteiger partial charge in [0.1, 0.15) is 12.4 Å². The van der Waals surface area contributed by atoms with Gasteiger partial charge >= 0.3 is 0 Å². The molecule has 162 valence electrons. The van der Waals surface area contributed by atoms with Crippen molar-refractivity contribution in [1.29, 1.82) is 0 Å². The van der Waals surface area contributed by atoms with Crippen molar-refractivity contribution in [2.24, 2.45) is 0 Å². The molecule has 31 heavy (non-hydrogen) atoms. The predicted molar refractivity (Wildman–Crippen MR) is 124 cm³/mol. The summed E-state index contributed by atoms with van der Waals surface area (Å²) in [6, 6.07) is 23.0. The molecule has 1 heterocycles. The average Bonchev–Trinajstić information content (AvgIpc) is 2.83. The van der Waals surface area contributed by atoms with E-state index in [1.165, 1.54) is 16.7 Å². The number of methoxy groups -OCH3 is 1. The normalized spacial score (nSPS) is 15.2. The number of rotatable bonds is 9. The third kappa shape index (κ3) is 5.20. The minimum absolute atomic E-state index is 0.124. The molecule has 0 radical (unpaired) electrons. The minimum atomic E-state index is 0.124. The Morgan fingerprint density at radius 1 is 0.935 bits per heavy atom. The molecule has 4 heteroatoms. The van der Waals surface area contributed by atoms with E-state index in [1.54, 1.807) is 7.11 Å². The van der Waals surface area contributed by atoms with Crippen LogP contribution in [0.15, 0.2) is 66.7 Å². The summed E-state index contributed by atoms with van der Waals surface area (Å²) in [7, 11) is 1.70. The number of ether oxygens (including phenoxy) is 3. The van der Waals surface area contributed by atoms with E-state index in [-0.39, 0.29) is 6.04 Å². The lowest BCUT2D eigenvalue weighted by Crippen LogP contribution is -2.30. The molecule has 0 amide bonds. The quantitative estimate of drug-likeness (QED) is 0.454. The second kappa shape index (κ2) is 10.4. The van der Waals surface area contributed by atoms with Gasteiger partial charge in [0, 0.05) is 6.54 Å². The molecule has 1 aliphatic heterocycles. The SMILES string of the molecule is CCCCOc1ccc(C2NCCc3cc(OC)c(OCc4ccccc4)cc32)cc1. The van der Waals surface area contributed by atoms with E-state index in [0.717, 1.165) is 55.2 Å². The molecule has 0 saturated carbocycles. The first kappa shape index (κ1) is 21.3. The second-order valence-corrected chi connectivity index (χ2v) is 7.88. The van der Waals surface area contributed by atoms with Crippen molar-refractivity contribution in [2.45, 2.75) is 38.8 Å². The molecule has 1 N–H and O–H groups in total. The highest BCUT2D eigenvalue weighted by Crippen LogP contribution is 2.38. The summed E-state index contributed by atoms with van der Waals surface area (Å²) >= 11 is 0. The standard InChI is InChI=1S/C27H31NO3/c1-3-4-16-30-23-12-10-21(11-13-23)27-24-18-26(31-19-20-8-6-5-7-9-20)25(29-2)17-22(24)14-15-28-27/h5-13,17-18,27-28H,3-4,14-16,19H2,1-2H3. The van der Waals surface area contributed by atoms with E-state index in [9.17, 15) is 0 Å². The summed E-state index contributed by atoms with van der Waals surface area (Å²) in [4.78, 5) is 0. The van der Waals surface area contributed by atoms with Gasteiger partial charge in [-0.25, -0.2) is 0 Å². The van der Waals surface area contributed by atoms with Gasteiger partial charge in [0.25, 0.3) is 0 Å². The summed E-state index contributed by atoms with van der Waals surface area (Å²) in [5.41, 5.74) is 4.91. The lowest BCUT2D eigenvalue weighted by molar-refractivity contribution is 0.283. The molecule has 0 spiro atoms. The Bertz CT molecular complexity index is 970. The largest absolute Gasteiger partial charge is 0.494 e. The van der Waals surface area contributed by atoms with Gasteiger partial charge in [0.2, 0.25) is 0 Å². The minimum Gasteiger partial charge on any atom is -0.494 e. The van der Waals surface area contributed by atoms with Crippen LogP contribution in [0, 0.1) is 0 Å². The van der Waals surface area contributed by atoms with Crippen molar-refractivity contribution in [3.63, 3.8) is 0 Å². The van der Waals surface area contributed by atoms with Crippen LogP contribution in [-0.4, -0.2) is 20.3 Å². The van der Waals surface area contributed by atoms with Crippen LogP contribution in [-0.2, 0) is 13.0 Å². The number of hydrogen-bond donors (Lipinski definition) is 1. The number of benzene rings is 3. The van der Waals surface area contributed by atoms with E-state index in [2.05, 4.69) is 60.8 Å². The maximum absolute atomic E-state index is 6.17. The lowest BCUT2D eigenvalue weighted by Gasteiger charge is -2.29. The van der Waals surface area contributed by atoms with Gasteiger partial charge in [0.15, 0.2) is 11.5 Å². The van der Waals surface area contributed by atoms with E-state index >= 15 is 0 Å². The zero-order valence-corrected chi connectivity index (χ0v) is 18.4. The maximum atomic E-state index is 6.17. The number of unbranched alkanes of at least 4 members (excludes halogenated alkanes) is 1. The van der Waals surface area contributed by atoms with Crippen LogP contribution in [0.5, 0.6) is 17.2 Å². The Kier molecular flexibility index (Phi) is 7.11. The smallest absolute Gasteiger partial charge is 0.162 e. The fourth-order valence-electron chi connectivity index (χ4n) is 3.96. The van der Waals surface area contributed by atoms with E-state index in [4.69, 9.17) is 14.2 Å². The topological polar surface area (TPSA) is 39.7 Å². The first-order valence-electron chi connectivity index (χ1n) is 11.1. The number of fused-ring (bicyclic) bond motifs is 1. The predicted octanol–water partition coefficient (Wildman–Crippen LogP) is 5.69. The van der Waals surface area contributed by atoms with Gasteiger partial charge in [-0.05, 0) is 59.4 Å². The van der Waals surface area contributed by atoms with Crippen molar-refractivity contribution >= 4 is 0 Å². The van der Waals surface area contributed by atoms with Crippen molar-refractivity contribution in [3.8, 4) is 17.2 Å². The second-order valence-electron chi connectivity index (χ2n) is 7.88. The summed E-state index contributed by atoms with van der Waals surface area (Å²) in [6.45, 7) is 4.38. The zero-order chi connectivity index (χ0) is 21.5. The highest BCUT2D eigenvalue weighted by atomic mass is 16.5. The van der Waals surface area contributed by atoms with Crippen LogP contribution in [0.25, 0.3) is 0 Å². The summed E-state index contributed by atoms with van der Waals surface area (Å²) in [6.07, 6.45) is 3.19. The molecule has 0 aromatic heterocycles. The van der Waals surface area contributed by atoms with E-state index in [0.29, 0.717) is 6.61 Å². The van der Waals surface area contributed by atoms with Gasteiger partial charge in [0.05, 0.1) is 19.8 Å². The van der Waals surface area contributed by atoms with Crippen LogP contribution in [0.4, 0.5) is 0 Å². The van der Waals surface area contributed by atoms with E-state index in [1.807, 2.05) is 18.2 Å².